The second-order valence-electron chi connectivity index (χ2n) is 5.87. The van der Waals surface area contributed by atoms with Crippen LogP contribution in [0.5, 0.6) is 11.5 Å². The van der Waals surface area contributed by atoms with Crippen molar-refractivity contribution in [3.63, 3.8) is 0 Å². The predicted octanol–water partition coefficient (Wildman–Crippen LogP) is 4.31. The lowest BCUT2D eigenvalue weighted by atomic mass is 10.1. The number of hydrogen-bond acceptors (Lipinski definition) is 4. The molecule has 1 aliphatic rings. The number of methoxy groups -OCH3 is 1. The third-order valence-corrected chi connectivity index (χ3v) is 4.18. The number of ketones is 1. The van der Waals surface area contributed by atoms with Crippen LogP contribution in [-0.4, -0.2) is 24.0 Å². The van der Waals surface area contributed by atoms with Gasteiger partial charge in [-0.15, -0.1) is 0 Å². The molecular weight excluding hydrogens is 302 g/mol. The average molecular weight is 323 g/mol. The van der Waals surface area contributed by atoms with Crippen molar-refractivity contribution < 1.29 is 14.3 Å². The van der Waals surface area contributed by atoms with Crippen LogP contribution in [0, 0.1) is 0 Å². The van der Waals surface area contributed by atoms with Gasteiger partial charge in [0, 0.05) is 18.0 Å². The van der Waals surface area contributed by atoms with Crippen LogP contribution in [0.1, 0.15) is 41.6 Å². The first kappa shape index (κ1) is 16.2. The normalized spacial score (nSPS) is 14.9. The van der Waals surface area contributed by atoms with E-state index in [2.05, 4.69) is 4.98 Å². The Balaban J connectivity index is 1.77. The highest BCUT2D eigenvalue weighted by Crippen LogP contribution is 2.32. The lowest BCUT2D eigenvalue weighted by Gasteiger charge is -2.16. The van der Waals surface area contributed by atoms with E-state index in [9.17, 15) is 4.79 Å². The van der Waals surface area contributed by atoms with E-state index >= 15 is 0 Å². The molecule has 0 radical (unpaired) electrons. The van der Waals surface area contributed by atoms with Crippen LogP contribution in [0.4, 0.5) is 0 Å². The minimum Gasteiger partial charge on any atom is -0.493 e. The van der Waals surface area contributed by atoms with Crippen molar-refractivity contribution in [2.24, 2.45) is 0 Å². The Kier molecular flexibility index (Phi) is 5.26. The molecule has 0 saturated heterocycles. The van der Waals surface area contributed by atoms with Crippen molar-refractivity contribution in [2.45, 2.75) is 31.8 Å². The number of hydrogen-bond donors (Lipinski definition) is 0. The molecule has 0 unspecified atom stereocenters. The molecule has 0 aliphatic heterocycles. The number of rotatable bonds is 6. The van der Waals surface area contributed by atoms with Gasteiger partial charge < -0.3 is 9.47 Å². The first-order chi connectivity index (χ1) is 11.8. The molecule has 0 bridgehead atoms. The Morgan fingerprint density at radius 3 is 2.58 bits per heavy atom. The van der Waals surface area contributed by atoms with E-state index in [0.29, 0.717) is 17.1 Å². The highest BCUT2D eigenvalue weighted by atomic mass is 16.5. The number of ether oxygens (including phenoxy) is 2. The minimum absolute atomic E-state index is 0.0641. The summed E-state index contributed by atoms with van der Waals surface area (Å²) in [7, 11) is 1.61. The Hall–Kier alpha value is -2.62. The Morgan fingerprint density at radius 1 is 1.12 bits per heavy atom. The highest BCUT2D eigenvalue weighted by Gasteiger charge is 2.19. The molecule has 1 aliphatic carbocycles. The fourth-order valence-corrected chi connectivity index (χ4v) is 2.85. The van der Waals surface area contributed by atoms with Crippen molar-refractivity contribution >= 4 is 11.9 Å². The molecular formula is C20H21NO3. The van der Waals surface area contributed by atoms with Gasteiger partial charge in [0.05, 0.1) is 13.2 Å². The van der Waals surface area contributed by atoms with Crippen LogP contribution >= 0.6 is 0 Å². The molecule has 1 fully saturated rings. The fourth-order valence-electron chi connectivity index (χ4n) is 2.85. The van der Waals surface area contributed by atoms with Crippen LogP contribution in [0.3, 0.4) is 0 Å². The minimum atomic E-state index is -0.0641. The van der Waals surface area contributed by atoms with Crippen LogP contribution in [0.15, 0.2) is 48.8 Å². The number of carbonyl (C=O) groups is 1. The first-order valence-corrected chi connectivity index (χ1v) is 8.23. The monoisotopic (exact) mass is 323 g/mol. The third-order valence-electron chi connectivity index (χ3n) is 4.18. The van der Waals surface area contributed by atoms with Gasteiger partial charge in [-0.25, -0.2) is 0 Å². The smallest absolute Gasteiger partial charge is 0.185 e. The number of aromatic nitrogens is 1. The molecule has 0 N–H and O–H groups in total. The molecule has 124 valence electrons. The maximum Gasteiger partial charge on any atom is 0.185 e. The van der Waals surface area contributed by atoms with Crippen molar-refractivity contribution in [3.8, 4) is 11.5 Å². The van der Waals surface area contributed by atoms with E-state index in [1.165, 1.54) is 12.8 Å². The van der Waals surface area contributed by atoms with Gasteiger partial charge in [0.2, 0.25) is 0 Å². The van der Waals surface area contributed by atoms with E-state index in [1.54, 1.807) is 49.9 Å². The lowest BCUT2D eigenvalue weighted by molar-refractivity contribution is 0.104. The number of nitrogens with zero attached hydrogens (tertiary/aromatic N) is 1. The van der Waals surface area contributed by atoms with E-state index in [1.807, 2.05) is 12.1 Å². The molecule has 0 spiro atoms. The van der Waals surface area contributed by atoms with Crippen molar-refractivity contribution in [3.05, 3.63) is 59.9 Å². The summed E-state index contributed by atoms with van der Waals surface area (Å²) in [5.74, 6) is 1.25. The van der Waals surface area contributed by atoms with Gasteiger partial charge >= 0.3 is 0 Å². The predicted molar refractivity (Wildman–Crippen MR) is 93.5 cm³/mol. The largest absolute Gasteiger partial charge is 0.493 e. The summed E-state index contributed by atoms with van der Waals surface area (Å²) in [5, 5.41) is 0. The second-order valence-corrected chi connectivity index (χ2v) is 5.87. The third kappa shape index (κ3) is 4.02. The molecule has 0 amide bonds. The number of allylic oxidation sites excluding steroid dienone is 1. The van der Waals surface area contributed by atoms with Gasteiger partial charge in [0.15, 0.2) is 17.3 Å². The SMILES string of the molecule is COc1ccc(C(=O)/C=C/c2ccncc2)cc1OC1CCCC1. The summed E-state index contributed by atoms with van der Waals surface area (Å²) >= 11 is 0. The Labute approximate surface area is 142 Å². The van der Waals surface area contributed by atoms with Gasteiger partial charge in [-0.1, -0.05) is 6.08 Å². The summed E-state index contributed by atoms with van der Waals surface area (Å²) in [6.45, 7) is 0. The van der Waals surface area contributed by atoms with Crippen LogP contribution < -0.4 is 9.47 Å². The van der Waals surface area contributed by atoms with Gasteiger partial charge in [0.25, 0.3) is 0 Å². The molecule has 1 heterocycles. The maximum atomic E-state index is 12.4. The maximum absolute atomic E-state index is 12.4. The van der Waals surface area contributed by atoms with Gasteiger partial charge in [-0.3, -0.25) is 9.78 Å². The van der Waals surface area contributed by atoms with Crippen molar-refractivity contribution in [2.75, 3.05) is 7.11 Å². The molecule has 1 aromatic heterocycles. The molecule has 2 aromatic rings. The summed E-state index contributed by atoms with van der Waals surface area (Å²) in [5.41, 5.74) is 1.53. The van der Waals surface area contributed by atoms with Gasteiger partial charge in [0.1, 0.15) is 0 Å². The van der Waals surface area contributed by atoms with Gasteiger partial charge in [-0.2, -0.15) is 0 Å². The van der Waals surface area contributed by atoms with Crippen LogP contribution in [0.2, 0.25) is 0 Å². The zero-order valence-corrected chi connectivity index (χ0v) is 13.8. The number of benzene rings is 1. The summed E-state index contributed by atoms with van der Waals surface area (Å²) in [6.07, 6.45) is 11.5. The summed E-state index contributed by atoms with van der Waals surface area (Å²) in [6, 6.07) is 9.03. The molecule has 4 heteroatoms. The van der Waals surface area contributed by atoms with Crippen LogP contribution in [-0.2, 0) is 0 Å². The molecule has 1 saturated carbocycles. The molecule has 0 atom stereocenters. The topological polar surface area (TPSA) is 48.4 Å². The van der Waals surface area contributed by atoms with E-state index in [-0.39, 0.29) is 11.9 Å². The summed E-state index contributed by atoms with van der Waals surface area (Å²) in [4.78, 5) is 16.4. The molecule has 1 aromatic carbocycles. The fraction of sp³-hybridized carbons (Fsp3) is 0.300. The Bertz CT molecular complexity index is 719. The molecule has 24 heavy (non-hydrogen) atoms. The zero-order chi connectivity index (χ0) is 16.8. The first-order valence-electron chi connectivity index (χ1n) is 8.23. The van der Waals surface area contributed by atoms with Gasteiger partial charge in [-0.05, 0) is 67.7 Å². The zero-order valence-electron chi connectivity index (χ0n) is 13.8. The standard InChI is InChI=1S/C20H21NO3/c1-23-19-9-7-16(14-20(19)24-17-4-2-3-5-17)18(22)8-6-15-10-12-21-13-11-15/h6-14,17H,2-5H2,1H3/b8-6+. The molecule has 4 nitrogen and oxygen atoms in total. The second kappa shape index (κ2) is 7.77. The van der Waals surface area contributed by atoms with E-state index < -0.39 is 0 Å². The van der Waals surface area contributed by atoms with Crippen molar-refractivity contribution in [1.29, 1.82) is 0 Å². The quantitative estimate of drug-likeness (QED) is 0.587. The van der Waals surface area contributed by atoms with E-state index in [0.717, 1.165) is 18.4 Å². The highest BCUT2D eigenvalue weighted by molar-refractivity contribution is 6.07. The van der Waals surface area contributed by atoms with Crippen LogP contribution in [0.25, 0.3) is 6.08 Å². The molecule has 3 rings (SSSR count). The Morgan fingerprint density at radius 2 is 1.88 bits per heavy atom. The number of pyridine rings is 1. The summed E-state index contributed by atoms with van der Waals surface area (Å²) < 4.78 is 11.4. The van der Waals surface area contributed by atoms with E-state index in [4.69, 9.17) is 9.47 Å². The van der Waals surface area contributed by atoms with Crippen molar-refractivity contribution in [1.82, 2.24) is 4.98 Å². The lowest BCUT2D eigenvalue weighted by Crippen LogP contribution is -2.12. The average Bonchev–Trinajstić information content (AvgIpc) is 3.13. The number of carbonyl (C=O) groups excluding carboxylic acids is 1.